The molecule has 2 aliphatic rings. The molecule has 0 saturated carbocycles. The topological polar surface area (TPSA) is 49.9 Å². The van der Waals surface area contributed by atoms with E-state index in [0.29, 0.717) is 34.3 Å². The molecule has 0 aromatic heterocycles. The number of methoxy groups -OCH3 is 1. The molecule has 2 aromatic rings. The summed E-state index contributed by atoms with van der Waals surface area (Å²) in [6.45, 7) is 4.58. The standard InChI is InChI=1S/C23H20N2O3S2/c1-3-13-24-18-7-5-4-6-17(18)19(21(24)26)20-22(27)25(23(29)30-20)14-12-15-8-10-16(28-2)11-9-15/h3-11H,1,12-14H2,2H3/b20-19+. The van der Waals surface area contributed by atoms with Gasteiger partial charge in [0.1, 0.15) is 10.1 Å². The molecule has 0 atom stereocenters. The smallest absolute Gasteiger partial charge is 0.267 e. The van der Waals surface area contributed by atoms with Gasteiger partial charge in [-0.05, 0) is 30.2 Å². The second kappa shape index (κ2) is 8.45. The summed E-state index contributed by atoms with van der Waals surface area (Å²) in [7, 11) is 1.63. The van der Waals surface area contributed by atoms with Crippen molar-refractivity contribution < 1.29 is 14.3 Å². The lowest BCUT2D eigenvalue weighted by Crippen LogP contribution is -2.31. The summed E-state index contributed by atoms with van der Waals surface area (Å²) in [5.41, 5.74) is 3.06. The molecule has 1 fully saturated rings. The van der Waals surface area contributed by atoms with Crippen LogP contribution < -0.4 is 9.64 Å². The number of ether oxygens (including phenoxy) is 1. The van der Waals surface area contributed by atoms with E-state index in [2.05, 4.69) is 6.58 Å². The number of carbonyl (C=O) groups excluding carboxylic acids is 2. The number of fused-ring (bicyclic) bond motifs is 1. The van der Waals surface area contributed by atoms with Crippen LogP contribution in [0.4, 0.5) is 5.69 Å². The Bertz CT molecular complexity index is 1080. The average molecular weight is 437 g/mol. The number of para-hydroxylation sites is 1. The van der Waals surface area contributed by atoms with Crippen LogP contribution in [0.5, 0.6) is 5.75 Å². The van der Waals surface area contributed by atoms with E-state index in [0.717, 1.165) is 22.6 Å². The zero-order valence-corrected chi connectivity index (χ0v) is 18.1. The number of amides is 2. The molecule has 7 heteroatoms. The maximum Gasteiger partial charge on any atom is 0.267 e. The van der Waals surface area contributed by atoms with Crippen molar-refractivity contribution >= 4 is 51.4 Å². The molecular weight excluding hydrogens is 416 g/mol. The van der Waals surface area contributed by atoms with Gasteiger partial charge in [0.2, 0.25) is 0 Å². The minimum atomic E-state index is -0.211. The molecule has 2 aliphatic heterocycles. The molecule has 0 bridgehead atoms. The number of thiocarbonyl (C=S) groups is 1. The van der Waals surface area contributed by atoms with E-state index < -0.39 is 0 Å². The lowest BCUT2D eigenvalue weighted by molar-refractivity contribution is -0.122. The molecule has 0 spiro atoms. The quantitative estimate of drug-likeness (QED) is 0.389. The summed E-state index contributed by atoms with van der Waals surface area (Å²) in [5, 5.41) is 0. The second-order valence-electron chi connectivity index (χ2n) is 6.85. The third kappa shape index (κ3) is 3.55. The number of hydrogen-bond acceptors (Lipinski definition) is 5. The molecule has 2 heterocycles. The summed E-state index contributed by atoms with van der Waals surface area (Å²) < 4.78 is 5.66. The van der Waals surface area contributed by atoms with Crippen molar-refractivity contribution in [3.05, 3.63) is 77.2 Å². The van der Waals surface area contributed by atoms with Crippen LogP contribution in [0.15, 0.2) is 66.1 Å². The van der Waals surface area contributed by atoms with E-state index in [1.165, 1.54) is 11.8 Å². The number of carbonyl (C=O) groups is 2. The summed E-state index contributed by atoms with van der Waals surface area (Å²) in [5.74, 6) is 0.389. The molecule has 0 radical (unpaired) electrons. The van der Waals surface area contributed by atoms with Gasteiger partial charge >= 0.3 is 0 Å². The molecule has 4 rings (SSSR count). The van der Waals surface area contributed by atoms with Gasteiger partial charge in [0.25, 0.3) is 11.8 Å². The van der Waals surface area contributed by atoms with Crippen LogP contribution >= 0.6 is 24.0 Å². The van der Waals surface area contributed by atoms with Crippen molar-refractivity contribution in [2.75, 3.05) is 25.1 Å². The first kappa shape index (κ1) is 20.4. The zero-order chi connectivity index (χ0) is 21.3. The van der Waals surface area contributed by atoms with Crippen molar-refractivity contribution in [3.63, 3.8) is 0 Å². The molecule has 0 N–H and O–H groups in total. The average Bonchev–Trinajstić information content (AvgIpc) is 3.20. The zero-order valence-electron chi connectivity index (χ0n) is 16.5. The Hall–Kier alpha value is -2.90. The highest BCUT2D eigenvalue weighted by Crippen LogP contribution is 2.44. The first-order valence-corrected chi connectivity index (χ1v) is 10.7. The fraction of sp³-hybridized carbons (Fsp3) is 0.174. The molecule has 0 unspecified atom stereocenters. The maximum absolute atomic E-state index is 13.2. The maximum atomic E-state index is 13.2. The molecule has 0 aliphatic carbocycles. The van der Waals surface area contributed by atoms with Crippen molar-refractivity contribution in [2.24, 2.45) is 0 Å². The van der Waals surface area contributed by atoms with Gasteiger partial charge in [0.05, 0.1) is 23.3 Å². The Labute approximate surface area is 185 Å². The van der Waals surface area contributed by atoms with Gasteiger partial charge in [-0.2, -0.15) is 0 Å². The third-order valence-electron chi connectivity index (χ3n) is 5.09. The van der Waals surface area contributed by atoms with Crippen LogP contribution in [0, 0.1) is 0 Å². The minimum absolute atomic E-state index is 0.188. The fourth-order valence-corrected chi connectivity index (χ4v) is 4.97. The van der Waals surface area contributed by atoms with E-state index >= 15 is 0 Å². The monoisotopic (exact) mass is 436 g/mol. The number of thioether (sulfide) groups is 1. The molecule has 1 saturated heterocycles. The van der Waals surface area contributed by atoms with Crippen molar-refractivity contribution in [2.45, 2.75) is 6.42 Å². The van der Waals surface area contributed by atoms with Crippen molar-refractivity contribution in [1.29, 1.82) is 0 Å². The van der Waals surface area contributed by atoms with Gasteiger partial charge in [0.15, 0.2) is 0 Å². The van der Waals surface area contributed by atoms with Gasteiger partial charge < -0.3 is 9.64 Å². The molecule has 30 heavy (non-hydrogen) atoms. The van der Waals surface area contributed by atoms with Gasteiger partial charge in [-0.3, -0.25) is 14.5 Å². The Morgan fingerprint density at radius 3 is 2.50 bits per heavy atom. The SMILES string of the molecule is C=CCN1C(=O)/C(=C2/SC(=S)N(CCc3ccc(OC)cc3)C2=O)c2ccccc21. The van der Waals surface area contributed by atoms with Crippen LogP contribution in [0.3, 0.4) is 0 Å². The van der Waals surface area contributed by atoms with E-state index in [-0.39, 0.29) is 11.8 Å². The first-order chi connectivity index (χ1) is 14.5. The molecule has 2 amide bonds. The molecular formula is C23H20N2O3S2. The highest BCUT2D eigenvalue weighted by Gasteiger charge is 2.41. The number of anilines is 1. The van der Waals surface area contributed by atoms with E-state index in [9.17, 15) is 9.59 Å². The van der Waals surface area contributed by atoms with Gasteiger partial charge in [0, 0.05) is 18.7 Å². The Morgan fingerprint density at radius 1 is 1.07 bits per heavy atom. The van der Waals surface area contributed by atoms with Gasteiger partial charge in [-0.25, -0.2) is 0 Å². The molecule has 5 nitrogen and oxygen atoms in total. The van der Waals surface area contributed by atoms with Gasteiger partial charge in [-0.15, -0.1) is 6.58 Å². The Morgan fingerprint density at radius 2 is 1.80 bits per heavy atom. The van der Waals surface area contributed by atoms with E-state index in [4.69, 9.17) is 17.0 Å². The summed E-state index contributed by atoms with van der Waals surface area (Å²) >= 11 is 6.68. The minimum Gasteiger partial charge on any atom is -0.497 e. The van der Waals surface area contributed by atoms with Crippen LogP contribution in [-0.2, 0) is 16.0 Å². The number of nitrogens with zero attached hydrogens (tertiary/aromatic N) is 2. The van der Waals surface area contributed by atoms with E-state index in [1.54, 1.807) is 23.0 Å². The van der Waals surface area contributed by atoms with Crippen molar-refractivity contribution in [1.82, 2.24) is 4.90 Å². The van der Waals surface area contributed by atoms with Crippen LogP contribution in [0.1, 0.15) is 11.1 Å². The lowest BCUT2D eigenvalue weighted by atomic mass is 10.1. The van der Waals surface area contributed by atoms with Crippen LogP contribution in [0.25, 0.3) is 5.57 Å². The highest BCUT2D eigenvalue weighted by molar-refractivity contribution is 8.26. The number of benzene rings is 2. The Balaban J connectivity index is 1.60. The first-order valence-electron chi connectivity index (χ1n) is 9.48. The Kier molecular flexibility index (Phi) is 5.74. The number of rotatable bonds is 6. The lowest BCUT2D eigenvalue weighted by Gasteiger charge is -2.15. The predicted octanol–water partition coefficient (Wildman–Crippen LogP) is 4.04. The summed E-state index contributed by atoms with van der Waals surface area (Å²) in [4.78, 5) is 29.9. The van der Waals surface area contributed by atoms with E-state index in [1.807, 2.05) is 48.5 Å². The third-order valence-corrected chi connectivity index (χ3v) is 6.54. The number of hydrogen-bond donors (Lipinski definition) is 0. The molecule has 2 aromatic carbocycles. The predicted molar refractivity (Wildman–Crippen MR) is 125 cm³/mol. The largest absolute Gasteiger partial charge is 0.497 e. The fourth-order valence-electron chi connectivity index (χ4n) is 3.59. The van der Waals surface area contributed by atoms with Gasteiger partial charge in [-0.1, -0.05) is 60.4 Å². The summed E-state index contributed by atoms with van der Waals surface area (Å²) in [6.07, 6.45) is 2.34. The summed E-state index contributed by atoms with van der Waals surface area (Å²) in [6, 6.07) is 15.2. The molecule has 152 valence electrons. The second-order valence-corrected chi connectivity index (χ2v) is 8.49. The normalized spacial score (nSPS) is 18.2. The van der Waals surface area contributed by atoms with Crippen molar-refractivity contribution in [3.8, 4) is 5.75 Å². The van der Waals surface area contributed by atoms with Crippen LogP contribution in [0.2, 0.25) is 0 Å². The highest BCUT2D eigenvalue weighted by atomic mass is 32.2. The van der Waals surface area contributed by atoms with Crippen LogP contribution in [-0.4, -0.2) is 41.2 Å².